The van der Waals surface area contributed by atoms with E-state index in [1.807, 2.05) is 6.92 Å². The zero-order valence-corrected chi connectivity index (χ0v) is 13.6. The summed E-state index contributed by atoms with van der Waals surface area (Å²) in [5, 5.41) is 12.4. The zero-order valence-electron chi connectivity index (χ0n) is 12.8. The smallest absolute Gasteiger partial charge is 0.224 e. The van der Waals surface area contributed by atoms with Gasteiger partial charge in [0.25, 0.3) is 0 Å². The van der Waals surface area contributed by atoms with E-state index in [4.69, 9.17) is 10.5 Å². The summed E-state index contributed by atoms with van der Waals surface area (Å²) in [6, 6.07) is 5.13. The number of carbonyl (C=O) groups excluding carboxylic acids is 1. The number of nitrogens with two attached hydrogens (primary N) is 1. The lowest BCUT2D eigenvalue weighted by atomic mass is 10.2. The number of hydrogen-bond donors (Lipinski definition) is 3. The van der Waals surface area contributed by atoms with E-state index in [1.54, 1.807) is 44.0 Å². The number of nitrogens with one attached hydrogen (secondary N) is 1. The number of hydrogen-bond acceptors (Lipinski definition) is 5. The van der Waals surface area contributed by atoms with Crippen LogP contribution in [0.1, 0.15) is 26.7 Å². The maximum Gasteiger partial charge on any atom is 0.224 e. The van der Waals surface area contributed by atoms with Crippen LogP contribution in [0.5, 0.6) is 5.75 Å². The minimum Gasteiger partial charge on any atom is -0.495 e. The van der Waals surface area contributed by atoms with E-state index in [1.165, 1.54) is 0 Å². The molecule has 0 aliphatic heterocycles. The highest BCUT2D eigenvalue weighted by Gasteiger charge is 2.10. The number of amides is 1. The molecule has 0 aromatic heterocycles. The molecule has 1 aromatic carbocycles. The van der Waals surface area contributed by atoms with Crippen molar-refractivity contribution in [3.63, 3.8) is 0 Å². The van der Waals surface area contributed by atoms with Crippen LogP contribution < -0.4 is 15.8 Å². The number of methoxy groups -OCH3 is 1. The Kier molecular flexibility index (Phi) is 7.39. The van der Waals surface area contributed by atoms with Crippen LogP contribution in [-0.2, 0) is 4.79 Å². The number of rotatable bonds is 8. The molecule has 1 rings (SSSR count). The van der Waals surface area contributed by atoms with Crippen molar-refractivity contribution < 1.29 is 14.6 Å². The average Bonchev–Trinajstić information content (AvgIpc) is 2.43. The largest absolute Gasteiger partial charge is 0.495 e. The molecule has 0 aliphatic carbocycles. The molecule has 5 nitrogen and oxygen atoms in total. The average molecular weight is 312 g/mol. The van der Waals surface area contributed by atoms with Gasteiger partial charge in [-0.15, -0.1) is 0 Å². The molecule has 118 valence electrons. The molecule has 0 aliphatic rings. The van der Waals surface area contributed by atoms with Gasteiger partial charge in [0.2, 0.25) is 5.91 Å². The van der Waals surface area contributed by atoms with Crippen LogP contribution in [0.25, 0.3) is 0 Å². The molecule has 0 heterocycles. The molecule has 1 amide bonds. The van der Waals surface area contributed by atoms with Gasteiger partial charge in [0.15, 0.2) is 0 Å². The standard InChI is InChI=1S/C15H24N2O3S/c1-10(18)11(2)21-8-4-5-15(19)17-13-9-12(16)6-7-14(13)20-3/h6-7,9-11,18H,4-5,8,16H2,1-3H3,(H,17,19). The topological polar surface area (TPSA) is 84.6 Å². The number of carbonyl (C=O) groups is 1. The first-order chi connectivity index (χ1) is 9.93. The van der Waals surface area contributed by atoms with Gasteiger partial charge in [-0.1, -0.05) is 6.92 Å². The summed E-state index contributed by atoms with van der Waals surface area (Å²) in [6.07, 6.45) is 0.857. The van der Waals surface area contributed by atoms with Gasteiger partial charge in [0.1, 0.15) is 5.75 Å². The Morgan fingerprint density at radius 1 is 1.48 bits per heavy atom. The van der Waals surface area contributed by atoms with Crippen LogP contribution in [0.2, 0.25) is 0 Å². The quantitative estimate of drug-likeness (QED) is 0.507. The van der Waals surface area contributed by atoms with E-state index >= 15 is 0 Å². The molecule has 0 spiro atoms. The second-order valence-corrected chi connectivity index (χ2v) is 6.41. The first-order valence-corrected chi connectivity index (χ1v) is 8.02. The molecular weight excluding hydrogens is 288 g/mol. The van der Waals surface area contributed by atoms with Crippen molar-refractivity contribution in [3.8, 4) is 5.75 Å². The van der Waals surface area contributed by atoms with Crippen LogP contribution in [-0.4, -0.2) is 35.2 Å². The highest BCUT2D eigenvalue weighted by Crippen LogP contribution is 2.26. The molecule has 0 saturated heterocycles. The van der Waals surface area contributed by atoms with Crippen molar-refractivity contribution in [2.75, 3.05) is 23.9 Å². The van der Waals surface area contributed by atoms with Gasteiger partial charge in [-0.05, 0) is 37.3 Å². The third-order valence-electron chi connectivity index (χ3n) is 3.11. The molecule has 0 bridgehead atoms. The maximum atomic E-state index is 11.9. The maximum absolute atomic E-state index is 11.9. The summed E-state index contributed by atoms with van der Waals surface area (Å²) in [5.74, 6) is 1.37. The Balaban J connectivity index is 2.39. The van der Waals surface area contributed by atoms with Gasteiger partial charge in [-0.25, -0.2) is 0 Å². The number of anilines is 2. The summed E-state index contributed by atoms with van der Waals surface area (Å²) in [4.78, 5) is 11.9. The van der Waals surface area contributed by atoms with E-state index in [2.05, 4.69) is 5.32 Å². The molecular formula is C15H24N2O3S. The molecule has 0 saturated carbocycles. The Hall–Kier alpha value is -1.40. The Morgan fingerprint density at radius 3 is 2.81 bits per heavy atom. The predicted octanol–water partition coefficient (Wildman–Crippen LogP) is 2.50. The highest BCUT2D eigenvalue weighted by atomic mass is 32.2. The van der Waals surface area contributed by atoms with E-state index in [-0.39, 0.29) is 17.3 Å². The normalized spacial score (nSPS) is 13.5. The minimum atomic E-state index is -0.333. The highest BCUT2D eigenvalue weighted by molar-refractivity contribution is 7.99. The Bertz CT molecular complexity index is 466. The summed E-state index contributed by atoms with van der Waals surface area (Å²) < 4.78 is 5.18. The lowest BCUT2D eigenvalue weighted by Gasteiger charge is -2.14. The van der Waals surface area contributed by atoms with Crippen LogP contribution in [0.3, 0.4) is 0 Å². The van der Waals surface area contributed by atoms with Crippen molar-refractivity contribution in [1.82, 2.24) is 0 Å². The summed E-state index contributed by atoms with van der Waals surface area (Å²) in [5.41, 5.74) is 6.87. The monoisotopic (exact) mass is 312 g/mol. The van der Waals surface area contributed by atoms with Crippen molar-refractivity contribution >= 4 is 29.0 Å². The number of ether oxygens (including phenoxy) is 1. The molecule has 0 fully saturated rings. The molecule has 21 heavy (non-hydrogen) atoms. The lowest BCUT2D eigenvalue weighted by Crippen LogP contribution is -2.16. The molecule has 2 unspecified atom stereocenters. The van der Waals surface area contributed by atoms with Gasteiger partial charge >= 0.3 is 0 Å². The van der Waals surface area contributed by atoms with Gasteiger partial charge in [-0.2, -0.15) is 11.8 Å². The SMILES string of the molecule is COc1ccc(N)cc1NC(=O)CCCSC(C)C(C)O. The van der Waals surface area contributed by atoms with Gasteiger partial charge in [0, 0.05) is 17.4 Å². The number of thioether (sulfide) groups is 1. The zero-order chi connectivity index (χ0) is 15.8. The van der Waals surface area contributed by atoms with Crippen LogP contribution in [0.4, 0.5) is 11.4 Å². The fourth-order valence-corrected chi connectivity index (χ4v) is 2.64. The third-order valence-corrected chi connectivity index (χ3v) is 4.55. The number of aliphatic hydroxyl groups excluding tert-OH is 1. The fraction of sp³-hybridized carbons (Fsp3) is 0.533. The van der Waals surface area contributed by atoms with Crippen LogP contribution in [0.15, 0.2) is 18.2 Å². The molecule has 0 radical (unpaired) electrons. The van der Waals surface area contributed by atoms with Crippen molar-refractivity contribution in [2.24, 2.45) is 0 Å². The summed E-state index contributed by atoms with van der Waals surface area (Å²) in [6.45, 7) is 3.75. The summed E-state index contributed by atoms with van der Waals surface area (Å²) >= 11 is 1.67. The molecule has 6 heteroatoms. The minimum absolute atomic E-state index is 0.0656. The number of benzene rings is 1. The van der Waals surface area contributed by atoms with Crippen molar-refractivity contribution in [2.45, 2.75) is 38.0 Å². The number of aliphatic hydroxyl groups is 1. The first kappa shape index (κ1) is 17.7. The van der Waals surface area contributed by atoms with Crippen molar-refractivity contribution in [3.05, 3.63) is 18.2 Å². The van der Waals surface area contributed by atoms with E-state index in [9.17, 15) is 9.90 Å². The first-order valence-electron chi connectivity index (χ1n) is 6.97. The summed E-state index contributed by atoms with van der Waals surface area (Å²) in [7, 11) is 1.55. The van der Waals surface area contributed by atoms with Crippen LogP contribution >= 0.6 is 11.8 Å². The Labute approximate surface area is 130 Å². The van der Waals surface area contributed by atoms with Gasteiger partial charge in [-0.3, -0.25) is 4.79 Å². The second kappa shape index (κ2) is 8.79. The Morgan fingerprint density at radius 2 is 2.19 bits per heavy atom. The number of nitrogen functional groups attached to an aromatic ring is 1. The molecule has 2 atom stereocenters. The van der Waals surface area contributed by atoms with Gasteiger partial charge in [0.05, 0.1) is 18.9 Å². The van der Waals surface area contributed by atoms with E-state index in [0.717, 1.165) is 12.2 Å². The van der Waals surface area contributed by atoms with Crippen LogP contribution in [0, 0.1) is 0 Å². The second-order valence-electron chi connectivity index (χ2n) is 4.93. The van der Waals surface area contributed by atoms with E-state index < -0.39 is 0 Å². The molecule has 4 N–H and O–H groups in total. The van der Waals surface area contributed by atoms with Gasteiger partial charge < -0.3 is 20.9 Å². The van der Waals surface area contributed by atoms with E-state index in [0.29, 0.717) is 23.5 Å². The third kappa shape index (κ3) is 6.27. The fourth-order valence-electron chi connectivity index (χ4n) is 1.68. The molecule has 1 aromatic rings. The van der Waals surface area contributed by atoms with Crippen molar-refractivity contribution in [1.29, 1.82) is 0 Å². The lowest BCUT2D eigenvalue weighted by molar-refractivity contribution is -0.116. The predicted molar refractivity (Wildman–Crippen MR) is 88.9 cm³/mol.